The van der Waals surface area contributed by atoms with E-state index in [0.717, 1.165) is 33.9 Å². The average molecular weight is 455 g/mol. The number of hydrogen-bond donors (Lipinski definition) is 0. The Kier molecular flexibility index (Phi) is 4.74. The van der Waals surface area contributed by atoms with Gasteiger partial charge in [-0.1, -0.05) is 60.7 Å². The van der Waals surface area contributed by atoms with Crippen molar-refractivity contribution in [3.05, 3.63) is 102 Å². The molecule has 0 amide bonds. The van der Waals surface area contributed by atoms with E-state index in [9.17, 15) is 26.3 Å². The maximum atomic E-state index is 13.8. The molecule has 0 aliphatic rings. The number of halogens is 6. The van der Waals surface area contributed by atoms with Gasteiger partial charge in [0.2, 0.25) is 0 Å². The van der Waals surface area contributed by atoms with E-state index in [4.69, 9.17) is 0 Å². The van der Waals surface area contributed by atoms with Crippen LogP contribution >= 0.6 is 0 Å². The lowest BCUT2D eigenvalue weighted by Crippen LogP contribution is -2.17. The Morgan fingerprint density at radius 2 is 1.12 bits per heavy atom. The van der Waals surface area contributed by atoms with Crippen molar-refractivity contribution in [2.45, 2.75) is 12.4 Å². The number of aromatic nitrogens is 1. The lowest BCUT2D eigenvalue weighted by atomic mass is 9.94. The van der Waals surface area contributed by atoms with Crippen molar-refractivity contribution >= 4 is 21.8 Å². The van der Waals surface area contributed by atoms with Gasteiger partial charge in [0.1, 0.15) is 0 Å². The van der Waals surface area contributed by atoms with E-state index in [1.54, 1.807) is 12.1 Å². The number of benzene rings is 4. The van der Waals surface area contributed by atoms with Gasteiger partial charge in [0.15, 0.2) is 0 Å². The predicted octanol–water partition coefficient (Wildman–Crippen LogP) is 8.49. The molecule has 0 saturated heterocycles. The van der Waals surface area contributed by atoms with Gasteiger partial charge in [-0.05, 0) is 41.5 Å². The number of hydrogen-bond acceptors (Lipinski definition) is 0. The second kappa shape index (κ2) is 7.40. The quantitative estimate of drug-likeness (QED) is 0.235. The number of nitrogens with zero attached hydrogens (tertiary/aromatic N) is 1. The third-order valence-corrected chi connectivity index (χ3v) is 5.65. The molecule has 0 saturated carbocycles. The van der Waals surface area contributed by atoms with Crippen molar-refractivity contribution < 1.29 is 26.3 Å². The van der Waals surface area contributed by atoms with E-state index in [2.05, 4.69) is 0 Å². The molecule has 0 fully saturated rings. The largest absolute Gasteiger partial charge is 0.417 e. The Labute approximate surface area is 184 Å². The molecule has 0 unspecified atom stereocenters. The summed E-state index contributed by atoms with van der Waals surface area (Å²) in [4.78, 5) is 0. The highest BCUT2D eigenvalue weighted by atomic mass is 19.4. The maximum Gasteiger partial charge on any atom is 0.417 e. The highest BCUT2D eigenvalue weighted by molar-refractivity contribution is 6.09. The SMILES string of the molecule is FC(F)(F)c1cccc(-c2cccc(-n3c4ccccc4c4ccccc43)c2)c1C(F)(F)F. The fourth-order valence-corrected chi connectivity index (χ4v) is 4.35. The highest BCUT2D eigenvalue weighted by Crippen LogP contribution is 2.45. The molecule has 0 aliphatic heterocycles. The van der Waals surface area contributed by atoms with E-state index in [0.29, 0.717) is 11.8 Å². The fraction of sp³-hybridized carbons (Fsp3) is 0.0769. The Hall–Kier alpha value is -3.74. The molecule has 0 aliphatic carbocycles. The molecule has 0 atom stereocenters. The van der Waals surface area contributed by atoms with Crippen LogP contribution in [0.15, 0.2) is 91.0 Å². The van der Waals surface area contributed by atoms with Crippen molar-refractivity contribution in [1.82, 2.24) is 4.57 Å². The van der Waals surface area contributed by atoms with Gasteiger partial charge in [-0.25, -0.2) is 0 Å². The van der Waals surface area contributed by atoms with Crippen molar-refractivity contribution in [3.8, 4) is 16.8 Å². The minimum atomic E-state index is -5.18. The number of alkyl halides is 6. The molecular weight excluding hydrogens is 440 g/mol. The molecule has 4 aromatic carbocycles. The molecule has 7 heteroatoms. The van der Waals surface area contributed by atoms with Gasteiger partial charge in [-0.15, -0.1) is 0 Å². The smallest absolute Gasteiger partial charge is 0.309 e. The first-order chi connectivity index (χ1) is 15.7. The van der Waals surface area contributed by atoms with Gasteiger partial charge in [0, 0.05) is 16.5 Å². The third-order valence-electron chi connectivity index (χ3n) is 5.65. The first kappa shape index (κ1) is 21.1. The normalized spacial score (nSPS) is 12.5. The van der Waals surface area contributed by atoms with Crippen molar-refractivity contribution in [2.75, 3.05) is 0 Å². The summed E-state index contributed by atoms with van der Waals surface area (Å²) in [6.45, 7) is 0. The lowest BCUT2D eigenvalue weighted by Gasteiger charge is -2.20. The van der Waals surface area contributed by atoms with E-state index >= 15 is 0 Å². The van der Waals surface area contributed by atoms with Crippen LogP contribution in [-0.2, 0) is 12.4 Å². The summed E-state index contributed by atoms with van der Waals surface area (Å²) in [7, 11) is 0. The van der Waals surface area contributed by atoms with Gasteiger partial charge < -0.3 is 4.57 Å². The second-order valence-electron chi connectivity index (χ2n) is 7.64. The van der Waals surface area contributed by atoms with E-state index < -0.39 is 29.0 Å². The van der Waals surface area contributed by atoms with Crippen LogP contribution in [0.5, 0.6) is 0 Å². The van der Waals surface area contributed by atoms with Crippen LogP contribution in [0.3, 0.4) is 0 Å². The number of fused-ring (bicyclic) bond motifs is 3. The average Bonchev–Trinajstić information content (AvgIpc) is 3.12. The van der Waals surface area contributed by atoms with Gasteiger partial charge in [-0.2, -0.15) is 26.3 Å². The molecule has 0 radical (unpaired) electrons. The molecular formula is C26H15F6N. The van der Waals surface area contributed by atoms with Crippen LogP contribution < -0.4 is 0 Å². The molecule has 1 nitrogen and oxygen atoms in total. The summed E-state index contributed by atoms with van der Waals surface area (Å²) in [5.74, 6) is 0. The van der Waals surface area contributed by atoms with Crippen LogP contribution in [0.2, 0.25) is 0 Å². The molecule has 166 valence electrons. The number of para-hydroxylation sites is 2. The van der Waals surface area contributed by atoms with Gasteiger partial charge in [0.05, 0.1) is 22.2 Å². The topological polar surface area (TPSA) is 4.93 Å². The Morgan fingerprint density at radius 1 is 0.545 bits per heavy atom. The maximum absolute atomic E-state index is 13.8. The summed E-state index contributed by atoms with van der Waals surface area (Å²) in [5.41, 5.74) is -1.61. The summed E-state index contributed by atoms with van der Waals surface area (Å²) in [5, 5.41) is 1.93. The Morgan fingerprint density at radius 3 is 1.70 bits per heavy atom. The van der Waals surface area contributed by atoms with Gasteiger partial charge in [0.25, 0.3) is 0 Å². The first-order valence-electron chi connectivity index (χ1n) is 10.0. The van der Waals surface area contributed by atoms with Crippen LogP contribution in [-0.4, -0.2) is 4.57 Å². The summed E-state index contributed by atoms with van der Waals surface area (Å²) < 4.78 is 83.6. The monoisotopic (exact) mass is 455 g/mol. The van der Waals surface area contributed by atoms with Crippen LogP contribution in [0.4, 0.5) is 26.3 Å². The highest BCUT2D eigenvalue weighted by Gasteiger charge is 2.44. The zero-order valence-electron chi connectivity index (χ0n) is 16.9. The molecule has 1 heterocycles. The minimum Gasteiger partial charge on any atom is -0.309 e. The molecule has 1 aromatic heterocycles. The third kappa shape index (κ3) is 3.53. The summed E-state index contributed by atoms with van der Waals surface area (Å²) in [6.07, 6.45) is -10.3. The van der Waals surface area contributed by atoms with Crippen LogP contribution in [0.25, 0.3) is 38.6 Å². The molecule has 0 bridgehead atoms. The fourth-order valence-electron chi connectivity index (χ4n) is 4.35. The molecule has 5 rings (SSSR count). The van der Waals surface area contributed by atoms with Crippen LogP contribution in [0, 0.1) is 0 Å². The number of rotatable bonds is 2. The van der Waals surface area contributed by atoms with Gasteiger partial charge in [-0.3, -0.25) is 0 Å². The summed E-state index contributed by atoms with van der Waals surface area (Å²) >= 11 is 0. The molecule has 0 spiro atoms. The van der Waals surface area contributed by atoms with E-state index in [1.807, 2.05) is 53.1 Å². The van der Waals surface area contributed by atoms with E-state index in [1.165, 1.54) is 12.1 Å². The zero-order chi connectivity index (χ0) is 23.4. The zero-order valence-corrected chi connectivity index (χ0v) is 16.9. The van der Waals surface area contributed by atoms with Crippen molar-refractivity contribution in [2.24, 2.45) is 0 Å². The Bertz CT molecular complexity index is 1440. The van der Waals surface area contributed by atoms with Crippen molar-refractivity contribution in [3.63, 3.8) is 0 Å². The summed E-state index contributed by atoms with van der Waals surface area (Å²) in [6, 6.07) is 23.9. The van der Waals surface area contributed by atoms with Crippen LogP contribution in [0.1, 0.15) is 11.1 Å². The van der Waals surface area contributed by atoms with E-state index in [-0.39, 0.29) is 5.56 Å². The predicted molar refractivity (Wildman–Crippen MR) is 116 cm³/mol. The lowest BCUT2D eigenvalue weighted by molar-refractivity contribution is -0.161. The van der Waals surface area contributed by atoms with Gasteiger partial charge >= 0.3 is 12.4 Å². The second-order valence-corrected chi connectivity index (χ2v) is 7.64. The first-order valence-corrected chi connectivity index (χ1v) is 10.0. The Balaban J connectivity index is 1.78. The minimum absolute atomic E-state index is 0.0489. The molecule has 0 N–H and O–H groups in total. The molecule has 33 heavy (non-hydrogen) atoms. The standard InChI is InChI=1S/C26H15F6N/c27-25(28,29)21-12-6-11-18(24(21)26(30,31)32)16-7-5-8-17(15-16)33-22-13-3-1-9-19(22)20-10-2-4-14-23(20)33/h1-15H. The molecule has 5 aromatic rings. The van der Waals surface area contributed by atoms with Crippen molar-refractivity contribution in [1.29, 1.82) is 0 Å².